The first-order chi connectivity index (χ1) is 8.97. The van der Waals surface area contributed by atoms with Gasteiger partial charge in [0.05, 0.1) is 18.4 Å². The summed E-state index contributed by atoms with van der Waals surface area (Å²) in [5.74, 6) is 0. The summed E-state index contributed by atoms with van der Waals surface area (Å²) in [6, 6.07) is 0.504. The summed E-state index contributed by atoms with van der Waals surface area (Å²) in [7, 11) is 2.07. The van der Waals surface area contributed by atoms with Crippen molar-refractivity contribution in [3.63, 3.8) is 0 Å². The van der Waals surface area contributed by atoms with Gasteiger partial charge >= 0.3 is 0 Å². The van der Waals surface area contributed by atoms with Crippen LogP contribution in [0.15, 0.2) is 28.1 Å². The van der Waals surface area contributed by atoms with E-state index in [1.165, 1.54) is 4.68 Å². The van der Waals surface area contributed by atoms with Crippen molar-refractivity contribution in [2.45, 2.75) is 26.4 Å². The molecule has 0 unspecified atom stereocenters. The zero-order valence-electron chi connectivity index (χ0n) is 11.7. The number of hydrogen-bond acceptors (Lipinski definition) is 4. The van der Waals surface area contributed by atoms with Gasteiger partial charge in [-0.25, -0.2) is 4.68 Å². The second-order valence-corrected chi connectivity index (χ2v) is 5.44. The van der Waals surface area contributed by atoms with E-state index in [4.69, 9.17) is 0 Å². The van der Waals surface area contributed by atoms with Gasteiger partial charge in [0, 0.05) is 19.1 Å². The fourth-order valence-electron chi connectivity index (χ4n) is 1.47. The van der Waals surface area contributed by atoms with Crippen LogP contribution in [-0.4, -0.2) is 40.9 Å². The highest BCUT2D eigenvalue weighted by Crippen LogP contribution is 2.15. The molecule has 0 aliphatic carbocycles. The molecule has 0 radical (unpaired) electrons. The van der Waals surface area contributed by atoms with Crippen LogP contribution in [0.4, 0.5) is 5.69 Å². The molecule has 1 rings (SSSR count). The van der Waals surface area contributed by atoms with Gasteiger partial charge in [-0.15, -0.1) is 6.58 Å². The van der Waals surface area contributed by atoms with E-state index in [2.05, 4.69) is 58.7 Å². The van der Waals surface area contributed by atoms with Gasteiger partial charge in [0.25, 0.3) is 5.56 Å². The van der Waals surface area contributed by atoms with Crippen molar-refractivity contribution >= 4 is 21.6 Å². The predicted molar refractivity (Wildman–Crippen MR) is 82.6 cm³/mol. The van der Waals surface area contributed by atoms with Gasteiger partial charge < -0.3 is 10.2 Å². The number of halogens is 1. The molecule has 0 saturated heterocycles. The van der Waals surface area contributed by atoms with E-state index < -0.39 is 0 Å². The fraction of sp³-hybridized carbons (Fsp3) is 0.538. The second kappa shape index (κ2) is 7.45. The molecule has 0 aliphatic rings. The molecule has 0 aliphatic heterocycles. The quantitative estimate of drug-likeness (QED) is 0.777. The number of allylic oxidation sites excluding steroid dienone is 1. The third-order valence-corrected chi connectivity index (χ3v) is 3.71. The molecule has 1 N–H and O–H groups in total. The molecule has 106 valence electrons. The maximum atomic E-state index is 11.9. The molecule has 5 nitrogen and oxygen atoms in total. The van der Waals surface area contributed by atoms with E-state index >= 15 is 0 Å². The average Bonchev–Trinajstić information content (AvgIpc) is 2.37. The Morgan fingerprint density at radius 1 is 1.63 bits per heavy atom. The normalized spacial score (nSPS) is 11.1. The van der Waals surface area contributed by atoms with Crippen molar-refractivity contribution < 1.29 is 0 Å². The molecule has 1 heterocycles. The van der Waals surface area contributed by atoms with Gasteiger partial charge in [-0.1, -0.05) is 6.08 Å². The fourth-order valence-corrected chi connectivity index (χ4v) is 1.91. The Morgan fingerprint density at radius 2 is 2.32 bits per heavy atom. The lowest BCUT2D eigenvalue weighted by Crippen LogP contribution is -2.31. The average molecular weight is 329 g/mol. The number of rotatable bonds is 7. The number of nitrogens with one attached hydrogen (secondary N) is 1. The molecule has 0 fully saturated rings. The van der Waals surface area contributed by atoms with Crippen LogP contribution in [0, 0.1) is 0 Å². The van der Waals surface area contributed by atoms with Crippen LogP contribution in [0.1, 0.15) is 13.8 Å². The SMILES string of the molecule is C=CCn1ncc(NCCN(C)C(C)C)c(Br)c1=O. The molecule has 1 aromatic heterocycles. The zero-order valence-corrected chi connectivity index (χ0v) is 13.3. The summed E-state index contributed by atoms with van der Waals surface area (Å²) < 4.78 is 1.87. The summed E-state index contributed by atoms with van der Waals surface area (Å²) in [4.78, 5) is 14.2. The lowest BCUT2D eigenvalue weighted by molar-refractivity contribution is 0.284. The first-order valence-corrected chi connectivity index (χ1v) is 7.07. The Bertz CT molecular complexity index is 484. The van der Waals surface area contributed by atoms with Crippen LogP contribution in [0.3, 0.4) is 0 Å². The van der Waals surface area contributed by atoms with E-state index in [-0.39, 0.29) is 5.56 Å². The van der Waals surface area contributed by atoms with Gasteiger partial charge in [0.1, 0.15) is 4.47 Å². The lowest BCUT2D eigenvalue weighted by atomic mass is 10.3. The minimum Gasteiger partial charge on any atom is -0.381 e. The smallest absolute Gasteiger partial charge is 0.283 e. The molecular formula is C13H21BrN4O. The van der Waals surface area contributed by atoms with E-state index in [0.717, 1.165) is 18.8 Å². The third kappa shape index (κ3) is 4.47. The number of nitrogens with zero attached hydrogens (tertiary/aromatic N) is 3. The standard InChI is InChI=1S/C13H21BrN4O/c1-5-7-18-13(19)12(14)11(9-16-18)15-6-8-17(4)10(2)3/h5,9-10,15H,1,6-8H2,2-4H3. The molecule has 0 atom stereocenters. The highest BCUT2D eigenvalue weighted by atomic mass is 79.9. The highest BCUT2D eigenvalue weighted by Gasteiger charge is 2.08. The molecule has 0 spiro atoms. The topological polar surface area (TPSA) is 50.2 Å². The molecule has 0 aromatic carbocycles. The van der Waals surface area contributed by atoms with Gasteiger partial charge in [0.15, 0.2) is 0 Å². The zero-order chi connectivity index (χ0) is 14.4. The number of hydrogen-bond donors (Lipinski definition) is 1. The maximum Gasteiger partial charge on any atom is 0.283 e. The predicted octanol–water partition coefficient (Wildman–Crippen LogP) is 1.94. The van der Waals surface area contributed by atoms with Crippen molar-refractivity contribution in [3.05, 3.63) is 33.7 Å². The summed E-state index contributed by atoms with van der Waals surface area (Å²) in [6.07, 6.45) is 3.30. The first-order valence-electron chi connectivity index (χ1n) is 6.28. The molecule has 0 amide bonds. The molecular weight excluding hydrogens is 308 g/mol. The Hall–Kier alpha value is -1.14. The maximum absolute atomic E-state index is 11.9. The molecule has 19 heavy (non-hydrogen) atoms. The molecule has 0 bridgehead atoms. The Morgan fingerprint density at radius 3 is 2.89 bits per heavy atom. The summed E-state index contributed by atoms with van der Waals surface area (Å²) in [5.41, 5.74) is 0.574. The monoisotopic (exact) mass is 328 g/mol. The molecule has 0 saturated carbocycles. The minimum atomic E-state index is -0.151. The second-order valence-electron chi connectivity index (χ2n) is 4.65. The van der Waals surface area contributed by atoms with Crippen molar-refractivity contribution in [1.29, 1.82) is 0 Å². The summed E-state index contributed by atoms with van der Waals surface area (Å²) in [6.45, 7) is 9.97. The van der Waals surface area contributed by atoms with Gasteiger partial charge in [-0.05, 0) is 36.8 Å². The Labute approximate surface area is 122 Å². The van der Waals surface area contributed by atoms with E-state index in [9.17, 15) is 4.79 Å². The van der Waals surface area contributed by atoms with Crippen LogP contribution >= 0.6 is 15.9 Å². The molecule has 1 aromatic rings. The summed E-state index contributed by atoms with van der Waals surface area (Å²) in [5, 5.41) is 7.31. The van der Waals surface area contributed by atoms with Gasteiger partial charge in [-0.3, -0.25) is 4.79 Å². The Kier molecular flexibility index (Phi) is 6.24. The van der Waals surface area contributed by atoms with Crippen molar-refractivity contribution in [2.24, 2.45) is 0 Å². The van der Waals surface area contributed by atoms with E-state index in [1.54, 1.807) is 12.3 Å². The highest BCUT2D eigenvalue weighted by molar-refractivity contribution is 9.10. The van der Waals surface area contributed by atoms with Gasteiger partial charge in [-0.2, -0.15) is 5.10 Å². The van der Waals surface area contributed by atoms with Crippen molar-refractivity contribution in [1.82, 2.24) is 14.7 Å². The van der Waals surface area contributed by atoms with Gasteiger partial charge in [0.2, 0.25) is 0 Å². The number of aromatic nitrogens is 2. The lowest BCUT2D eigenvalue weighted by Gasteiger charge is -2.21. The first kappa shape index (κ1) is 15.9. The van der Waals surface area contributed by atoms with Crippen LogP contribution < -0.4 is 10.9 Å². The van der Waals surface area contributed by atoms with Crippen LogP contribution in [0.5, 0.6) is 0 Å². The Balaban J connectivity index is 2.68. The van der Waals surface area contributed by atoms with E-state index in [1.807, 2.05) is 0 Å². The van der Waals surface area contributed by atoms with Crippen LogP contribution in [-0.2, 0) is 6.54 Å². The van der Waals surface area contributed by atoms with Crippen LogP contribution in [0.2, 0.25) is 0 Å². The minimum absolute atomic E-state index is 0.151. The number of anilines is 1. The largest absolute Gasteiger partial charge is 0.381 e. The molecule has 6 heteroatoms. The van der Waals surface area contributed by atoms with Crippen molar-refractivity contribution in [3.8, 4) is 0 Å². The van der Waals surface area contributed by atoms with Crippen LogP contribution in [0.25, 0.3) is 0 Å². The number of likely N-dealkylation sites (N-methyl/N-ethyl adjacent to an activating group) is 1. The van der Waals surface area contributed by atoms with Crippen molar-refractivity contribution in [2.75, 3.05) is 25.5 Å². The van der Waals surface area contributed by atoms with E-state index in [0.29, 0.717) is 17.1 Å². The third-order valence-electron chi connectivity index (χ3n) is 2.95. The summed E-state index contributed by atoms with van der Waals surface area (Å²) >= 11 is 3.31.